The summed E-state index contributed by atoms with van der Waals surface area (Å²) < 4.78 is 1.87. The fraction of sp³-hybridized carbons (Fsp3) is 0.167. The minimum absolute atomic E-state index is 0.196. The van der Waals surface area contributed by atoms with Gasteiger partial charge in [0.1, 0.15) is 23.5 Å². The van der Waals surface area contributed by atoms with Gasteiger partial charge >= 0.3 is 0 Å². The van der Waals surface area contributed by atoms with Crippen LogP contribution in [0.1, 0.15) is 24.0 Å². The average Bonchev–Trinajstić information content (AvgIpc) is 3.34. The van der Waals surface area contributed by atoms with Gasteiger partial charge in [0.2, 0.25) is 0 Å². The van der Waals surface area contributed by atoms with E-state index in [-0.39, 0.29) is 5.92 Å². The first-order valence-corrected chi connectivity index (χ1v) is 11.0. The van der Waals surface area contributed by atoms with Crippen LogP contribution in [0.25, 0.3) is 27.8 Å². The van der Waals surface area contributed by atoms with E-state index in [9.17, 15) is 0 Å². The van der Waals surface area contributed by atoms with Crippen LogP contribution in [0, 0.1) is 0 Å². The molecule has 0 radical (unpaired) electrons. The van der Waals surface area contributed by atoms with E-state index in [1.54, 1.807) is 25.0 Å². The molecule has 8 nitrogen and oxygen atoms in total. The highest BCUT2D eigenvalue weighted by molar-refractivity contribution is 7.80. The number of thiocarbonyl (C=S) groups is 1. The summed E-state index contributed by atoms with van der Waals surface area (Å²) in [6, 6.07) is 10.1. The van der Waals surface area contributed by atoms with Crippen molar-refractivity contribution in [2.45, 2.75) is 12.8 Å². The number of anilines is 1. The fourth-order valence-electron chi connectivity index (χ4n) is 3.86. The van der Waals surface area contributed by atoms with Crippen LogP contribution in [0.2, 0.25) is 0 Å². The van der Waals surface area contributed by atoms with E-state index in [1.807, 2.05) is 36.0 Å². The maximum Gasteiger partial charge on any atom is 0.156 e. The minimum Gasteiger partial charge on any atom is -0.379 e. The van der Waals surface area contributed by atoms with Gasteiger partial charge in [0.05, 0.1) is 17.4 Å². The van der Waals surface area contributed by atoms with Gasteiger partial charge in [-0.2, -0.15) is 0 Å². The molecule has 0 saturated heterocycles. The number of para-hydroxylation sites is 1. The molecule has 0 aliphatic heterocycles. The molecule has 0 unspecified atom stereocenters. The van der Waals surface area contributed by atoms with Crippen LogP contribution >= 0.6 is 12.2 Å². The highest BCUT2D eigenvalue weighted by Gasteiger charge is 2.14. The Hall–Kier alpha value is -3.98. The predicted molar refractivity (Wildman–Crippen MR) is 133 cm³/mol. The highest BCUT2D eigenvalue weighted by atomic mass is 32.1. The lowest BCUT2D eigenvalue weighted by Gasteiger charge is -2.17. The van der Waals surface area contributed by atoms with Gasteiger partial charge in [0, 0.05) is 60.7 Å². The second-order valence-electron chi connectivity index (χ2n) is 7.75. The molecule has 0 bridgehead atoms. The Labute approximate surface area is 196 Å². The molecule has 164 valence electrons. The molecule has 5 aromatic rings. The second kappa shape index (κ2) is 8.87. The molecule has 0 spiro atoms. The Morgan fingerprint density at radius 1 is 1.12 bits per heavy atom. The van der Waals surface area contributed by atoms with Crippen LogP contribution in [0.15, 0.2) is 67.8 Å². The second-order valence-corrected chi connectivity index (χ2v) is 8.16. The van der Waals surface area contributed by atoms with E-state index in [0.717, 1.165) is 44.8 Å². The van der Waals surface area contributed by atoms with Crippen molar-refractivity contribution >= 4 is 39.6 Å². The third-order valence-corrected chi connectivity index (χ3v) is 6.04. The molecule has 0 aliphatic rings. The lowest BCUT2D eigenvalue weighted by Crippen LogP contribution is -2.17. The highest BCUT2D eigenvalue weighted by Crippen LogP contribution is 2.27. The smallest absolute Gasteiger partial charge is 0.156 e. The van der Waals surface area contributed by atoms with Gasteiger partial charge in [-0.3, -0.25) is 9.38 Å². The molecule has 2 N–H and O–H groups in total. The van der Waals surface area contributed by atoms with Crippen molar-refractivity contribution in [2.24, 2.45) is 0 Å². The molecule has 0 amide bonds. The zero-order valence-corrected chi connectivity index (χ0v) is 19.0. The first kappa shape index (κ1) is 20.9. The van der Waals surface area contributed by atoms with Crippen LogP contribution in [-0.4, -0.2) is 47.9 Å². The predicted octanol–water partition coefficient (Wildman–Crippen LogP) is 3.85. The lowest BCUT2D eigenvalue weighted by atomic mass is 9.96. The number of fused-ring (bicyclic) bond motifs is 2. The van der Waals surface area contributed by atoms with Gasteiger partial charge in [-0.05, 0) is 11.6 Å². The van der Waals surface area contributed by atoms with Crippen LogP contribution in [0.5, 0.6) is 0 Å². The molecule has 0 saturated carbocycles. The topological polar surface area (TPSA) is 92.9 Å². The number of pyridine rings is 1. The molecule has 9 heteroatoms. The maximum absolute atomic E-state index is 5.47. The van der Waals surface area contributed by atoms with E-state index < -0.39 is 0 Å². The third-order valence-electron chi connectivity index (χ3n) is 5.62. The van der Waals surface area contributed by atoms with Crippen LogP contribution in [0.4, 0.5) is 5.82 Å². The first-order valence-electron chi connectivity index (χ1n) is 10.6. The number of imidazole rings is 1. The molecule has 33 heavy (non-hydrogen) atoms. The number of aromatic nitrogens is 6. The molecule has 0 aliphatic carbocycles. The summed E-state index contributed by atoms with van der Waals surface area (Å²) in [6.45, 7) is 2.86. The maximum atomic E-state index is 5.47. The zero-order chi connectivity index (χ0) is 22.8. The minimum atomic E-state index is 0.196. The van der Waals surface area contributed by atoms with Crippen molar-refractivity contribution in [2.75, 3.05) is 18.9 Å². The number of nitrogens with one attached hydrogen (secondary N) is 2. The van der Waals surface area contributed by atoms with Gasteiger partial charge in [0.25, 0.3) is 0 Å². The summed E-state index contributed by atoms with van der Waals surface area (Å²) in [5, 5.41) is 7.55. The van der Waals surface area contributed by atoms with Crippen molar-refractivity contribution in [1.82, 2.24) is 34.6 Å². The van der Waals surface area contributed by atoms with E-state index in [4.69, 9.17) is 12.2 Å². The van der Waals surface area contributed by atoms with Gasteiger partial charge in [0.15, 0.2) is 5.65 Å². The van der Waals surface area contributed by atoms with Crippen molar-refractivity contribution in [1.29, 1.82) is 0 Å². The Kier molecular flexibility index (Phi) is 5.62. The van der Waals surface area contributed by atoms with E-state index in [2.05, 4.69) is 60.7 Å². The Bertz CT molecular complexity index is 1460. The summed E-state index contributed by atoms with van der Waals surface area (Å²) in [4.78, 5) is 22.7. The third kappa shape index (κ3) is 4.10. The average molecular weight is 455 g/mol. The van der Waals surface area contributed by atoms with Crippen molar-refractivity contribution in [3.8, 4) is 11.3 Å². The van der Waals surface area contributed by atoms with Gasteiger partial charge in [-0.1, -0.05) is 37.3 Å². The van der Waals surface area contributed by atoms with Gasteiger partial charge in [-0.15, -0.1) is 0 Å². The molecule has 1 aromatic carbocycles. The zero-order valence-electron chi connectivity index (χ0n) is 18.2. The number of benzene rings is 1. The number of hydrogen-bond donors (Lipinski definition) is 2. The SMILES string of the molecule is CNC(=S)c1ccnc2c([C@@H](C)CNc3cc(-c4cnc5cncn5c4)ncn3)cccc12. The molecule has 5 rings (SSSR count). The number of rotatable bonds is 6. The largest absolute Gasteiger partial charge is 0.379 e. The van der Waals surface area contributed by atoms with Crippen LogP contribution < -0.4 is 10.6 Å². The lowest BCUT2D eigenvalue weighted by molar-refractivity contribution is 0.805. The fourth-order valence-corrected chi connectivity index (χ4v) is 4.03. The van der Waals surface area contributed by atoms with E-state index in [0.29, 0.717) is 11.5 Å². The number of nitrogens with zero attached hydrogens (tertiary/aromatic N) is 6. The molecular formula is C24H22N8S. The van der Waals surface area contributed by atoms with Crippen molar-refractivity contribution in [3.63, 3.8) is 0 Å². The Morgan fingerprint density at radius 3 is 2.91 bits per heavy atom. The summed E-state index contributed by atoms with van der Waals surface area (Å²) >= 11 is 5.47. The first-order chi connectivity index (χ1) is 16.1. The Morgan fingerprint density at radius 2 is 2.03 bits per heavy atom. The molecule has 1 atom stereocenters. The summed E-state index contributed by atoms with van der Waals surface area (Å²) in [6.07, 6.45) is 10.6. The molecule has 4 heterocycles. The number of hydrogen-bond acceptors (Lipinski definition) is 7. The van der Waals surface area contributed by atoms with Crippen molar-refractivity contribution < 1.29 is 0 Å². The van der Waals surface area contributed by atoms with Crippen molar-refractivity contribution in [3.05, 3.63) is 78.9 Å². The van der Waals surface area contributed by atoms with E-state index >= 15 is 0 Å². The Balaban J connectivity index is 1.37. The standard InChI is InChI=1S/C24H22N8S/c1-15(17-4-3-5-18-19(24(33)25-2)6-7-27-23(17)18)9-28-21-8-20(30-13-31-21)16-10-29-22-11-26-14-32(22)12-16/h3-8,10-15H,9H2,1-2H3,(H,25,33)(H,28,30,31)/t15-/m0/s1. The van der Waals surface area contributed by atoms with Gasteiger partial charge in [-0.25, -0.2) is 19.9 Å². The summed E-state index contributed by atoms with van der Waals surface area (Å²) in [7, 11) is 1.84. The monoisotopic (exact) mass is 454 g/mol. The van der Waals surface area contributed by atoms with E-state index in [1.165, 1.54) is 0 Å². The quantitative estimate of drug-likeness (QED) is 0.374. The van der Waals surface area contributed by atoms with Crippen LogP contribution in [0.3, 0.4) is 0 Å². The normalized spacial score (nSPS) is 12.1. The summed E-state index contributed by atoms with van der Waals surface area (Å²) in [5.74, 6) is 0.949. The molecule has 4 aromatic heterocycles. The van der Waals surface area contributed by atoms with Crippen LogP contribution in [-0.2, 0) is 0 Å². The molecular weight excluding hydrogens is 432 g/mol. The molecule has 0 fully saturated rings. The summed E-state index contributed by atoms with van der Waals surface area (Å²) in [5.41, 5.74) is 5.59. The van der Waals surface area contributed by atoms with Gasteiger partial charge < -0.3 is 10.6 Å².